The Kier molecular flexibility index (Phi) is 6.50. The van der Waals surface area contributed by atoms with Gasteiger partial charge in [0.1, 0.15) is 10.8 Å². The number of aromatic nitrogens is 1. The summed E-state index contributed by atoms with van der Waals surface area (Å²) in [5.74, 6) is 1.23. The van der Waals surface area contributed by atoms with Gasteiger partial charge in [-0.05, 0) is 48.9 Å². The van der Waals surface area contributed by atoms with Gasteiger partial charge in [0.25, 0.3) is 0 Å². The third-order valence-electron chi connectivity index (χ3n) is 5.35. The van der Waals surface area contributed by atoms with Gasteiger partial charge in [0.05, 0.1) is 19.9 Å². The van der Waals surface area contributed by atoms with Crippen LogP contribution in [0.1, 0.15) is 12.1 Å². The minimum Gasteiger partial charge on any atom is -0.493 e. The zero-order valence-corrected chi connectivity index (χ0v) is 18.1. The molecule has 0 aliphatic carbocycles. The van der Waals surface area contributed by atoms with Crippen molar-refractivity contribution in [1.82, 2.24) is 9.88 Å². The van der Waals surface area contributed by atoms with Gasteiger partial charge in [-0.3, -0.25) is 4.90 Å². The maximum atomic E-state index is 13.2. The molecule has 0 amide bonds. The summed E-state index contributed by atoms with van der Waals surface area (Å²) in [6, 6.07) is 12.7. The molecule has 1 fully saturated rings. The molecule has 1 saturated heterocycles. The van der Waals surface area contributed by atoms with Crippen LogP contribution < -0.4 is 14.4 Å². The number of benzene rings is 2. The summed E-state index contributed by atoms with van der Waals surface area (Å²) >= 11 is 1.65. The van der Waals surface area contributed by atoms with Crippen molar-refractivity contribution in [3.63, 3.8) is 0 Å². The van der Waals surface area contributed by atoms with Gasteiger partial charge in [-0.15, -0.1) is 11.3 Å². The Balaban J connectivity index is 1.40. The number of thiazole rings is 1. The largest absolute Gasteiger partial charge is 0.493 e. The summed E-state index contributed by atoms with van der Waals surface area (Å²) in [5, 5.41) is 3.11. The predicted molar refractivity (Wildman–Crippen MR) is 119 cm³/mol. The standard InChI is InChI=1S/C23H26FN3O2S/c1-28-21-9-4-17(14-22(21)29-2)23-25-19(16-30-23)15-26-10-3-11-27(13-12-26)20-7-5-18(24)6-8-20/h4-9,14,16H,3,10-13,15H2,1-2H3. The molecule has 0 spiro atoms. The number of ether oxygens (including phenoxy) is 2. The van der Waals surface area contributed by atoms with Gasteiger partial charge < -0.3 is 14.4 Å². The Morgan fingerprint density at radius 1 is 0.967 bits per heavy atom. The van der Waals surface area contributed by atoms with E-state index in [9.17, 15) is 4.39 Å². The number of anilines is 1. The third kappa shape index (κ3) is 4.74. The minimum absolute atomic E-state index is 0.191. The van der Waals surface area contributed by atoms with E-state index in [1.807, 2.05) is 30.3 Å². The van der Waals surface area contributed by atoms with Gasteiger partial charge in [-0.2, -0.15) is 0 Å². The molecule has 1 aromatic heterocycles. The summed E-state index contributed by atoms with van der Waals surface area (Å²) in [6.45, 7) is 4.73. The van der Waals surface area contributed by atoms with Crippen LogP contribution in [0.2, 0.25) is 0 Å². The first-order chi connectivity index (χ1) is 14.7. The number of hydrogen-bond acceptors (Lipinski definition) is 6. The number of methoxy groups -OCH3 is 2. The zero-order chi connectivity index (χ0) is 20.9. The van der Waals surface area contributed by atoms with Gasteiger partial charge in [0.2, 0.25) is 0 Å². The van der Waals surface area contributed by atoms with Crippen LogP contribution >= 0.6 is 11.3 Å². The molecule has 30 heavy (non-hydrogen) atoms. The Hall–Kier alpha value is -2.64. The van der Waals surface area contributed by atoms with E-state index in [1.165, 1.54) is 12.1 Å². The fourth-order valence-electron chi connectivity index (χ4n) is 3.75. The highest BCUT2D eigenvalue weighted by molar-refractivity contribution is 7.13. The second kappa shape index (κ2) is 9.45. The molecule has 2 aromatic carbocycles. The molecule has 5 nitrogen and oxygen atoms in total. The molecule has 4 rings (SSSR count). The van der Waals surface area contributed by atoms with Crippen LogP contribution in [-0.2, 0) is 6.54 Å². The highest BCUT2D eigenvalue weighted by Gasteiger charge is 2.17. The Morgan fingerprint density at radius 2 is 1.77 bits per heavy atom. The van der Waals surface area contributed by atoms with Gasteiger partial charge in [-0.1, -0.05) is 0 Å². The van der Waals surface area contributed by atoms with Crippen LogP contribution in [0.3, 0.4) is 0 Å². The van der Waals surface area contributed by atoms with E-state index < -0.39 is 0 Å². The summed E-state index contributed by atoms with van der Waals surface area (Å²) < 4.78 is 23.9. The number of hydrogen-bond donors (Lipinski definition) is 0. The quantitative estimate of drug-likeness (QED) is 0.571. The van der Waals surface area contributed by atoms with E-state index >= 15 is 0 Å². The average molecular weight is 428 g/mol. The monoisotopic (exact) mass is 427 g/mol. The van der Waals surface area contributed by atoms with Gasteiger partial charge in [-0.25, -0.2) is 9.37 Å². The summed E-state index contributed by atoms with van der Waals surface area (Å²) in [7, 11) is 3.28. The van der Waals surface area contributed by atoms with Crippen LogP contribution in [0, 0.1) is 5.82 Å². The van der Waals surface area contributed by atoms with Crippen molar-refractivity contribution < 1.29 is 13.9 Å². The van der Waals surface area contributed by atoms with E-state index in [-0.39, 0.29) is 5.82 Å². The van der Waals surface area contributed by atoms with E-state index in [0.717, 1.165) is 61.1 Å². The molecule has 1 aliphatic heterocycles. The molecule has 0 bridgehead atoms. The Morgan fingerprint density at radius 3 is 2.53 bits per heavy atom. The molecule has 0 radical (unpaired) electrons. The molecule has 0 saturated carbocycles. The molecular weight excluding hydrogens is 401 g/mol. The normalized spacial score (nSPS) is 15.1. The summed E-state index contributed by atoms with van der Waals surface area (Å²) in [5.41, 5.74) is 3.20. The third-order valence-corrected chi connectivity index (χ3v) is 6.29. The van der Waals surface area contributed by atoms with Crippen molar-refractivity contribution in [1.29, 1.82) is 0 Å². The fraction of sp³-hybridized carbons (Fsp3) is 0.348. The first-order valence-electron chi connectivity index (χ1n) is 10.1. The molecule has 0 unspecified atom stereocenters. The molecular formula is C23H26FN3O2S. The SMILES string of the molecule is COc1ccc(-c2nc(CN3CCCN(c4ccc(F)cc4)CC3)cs2)cc1OC. The first kappa shape index (κ1) is 20.6. The van der Waals surface area contributed by atoms with Crippen LogP contribution in [0.15, 0.2) is 47.8 Å². The number of nitrogens with zero attached hydrogens (tertiary/aromatic N) is 3. The lowest BCUT2D eigenvalue weighted by Crippen LogP contribution is -2.30. The van der Waals surface area contributed by atoms with Crippen molar-refractivity contribution >= 4 is 17.0 Å². The Labute approximate surface area is 180 Å². The van der Waals surface area contributed by atoms with Crippen molar-refractivity contribution in [3.8, 4) is 22.1 Å². The number of rotatable bonds is 6. The maximum absolute atomic E-state index is 13.2. The average Bonchev–Trinajstić information content (AvgIpc) is 3.12. The highest BCUT2D eigenvalue weighted by atomic mass is 32.1. The molecule has 0 N–H and O–H groups in total. The van der Waals surface area contributed by atoms with Crippen molar-refractivity contribution in [2.45, 2.75) is 13.0 Å². The van der Waals surface area contributed by atoms with E-state index in [0.29, 0.717) is 11.5 Å². The topological polar surface area (TPSA) is 37.8 Å². The first-order valence-corrected chi connectivity index (χ1v) is 10.9. The second-order valence-electron chi connectivity index (χ2n) is 7.31. The predicted octanol–water partition coefficient (Wildman–Crippen LogP) is 4.68. The summed E-state index contributed by atoms with van der Waals surface area (Å²) in [4.78, 5) is 9.62. The van der Waals surface area contributed by atoms with Crippen molar-refractivity contribution in [3.05, 3.63) is 59.4 Å². The van der Waals surface area contributed by atoms with Gasteiger partial charge in [0.15, 0.2) is 11.5 Å². The van der Waals surface area contributed by atoms with Crippen LogP contribution in [0.25, 0.3) is 10.6 Å². The highest BCUT2D eigenvalue weighted by Crippen LogP contribution is 2.33. The zero-order valence-electron chi connectivity index (χ0n) is 17.3. The molecule has 1 aliphatic rings. The smallest absolute Gasteiger partial charge is 0.161 e. The number of halogens is 1. The van der Waals surface area contributed by atoms with Crippen LogP contribution in [-0.4, -0.2) is 50.3 Å². The van der Waals surface area contributed by atoms with E-state index in [4.69, 9.17) is 14.5 Å². The molecule has 158 valence electrons. The van der Waals surface area contributed by atoms with Crippen molar-refractivity contribution in [2.75, 3.05) is 45.3 Å². The lowest BCUT2D eigenvalue weighted by atomic mass is 10.2. The molecule has 3 aromatic rings. The molecule has 0 atom stereocenters. The summed E-state index contributed by atoms with van der Waals surface area (Å²) in [6.07, 6.45) is 1.07. The van der Waals surface area contributed by atoms with Crippen molar-refractivity contribution in [2.24, 2.45) is 0 Å². The van der Waals surface area contributed by atoms with Gasteiger partial charge in [0, 0.05) is 49.4 Å². The maximum Gasteiger partial charge on any atom is 0.161 e. The van der Waals surface area contributed by atoms with E-state index in [1.54, 1.807) is 25.6 Å². The Bertz CT molecular complexity index is 977. The second-order valence-corrected chi connectivity index (χ2v) is 8.17. The van der Waals surface area contributed by atoms with Crippen LogP contribution in [0.4, 0.5) is 10.1 Å². The fourth-order valence-corrected chi connectivity index (χ4v) is 4.56. The molecule has 7 heteroatoms. The lowest BCUT2D eigenvalue weighted by molar-refractivity contribution is 0.282. The van der Waals surface area contributed by atoms with Crippen LogP contribution in [0.5, 0.6) is 11.5 Å². The molecule has 2 heterocycles. The van der Waals surface area contributed by atoms with Gasteiger partial charge >= 0.3 is 0 Å². The minimum atomic E-state index is -0.191. The van der Waals surface area contributed by atoms with E-state index in [2.05, 4.69) is 15.2 Å². The lowest BCUT2D eigenvalue weighted by Gasteiger charge is -2.23.